The number of thiazole rings is 1. The number of hydrogen-bond acceptors (Lipinski definition) is 5. The van der Waals surface area contributed by atoms with Crippen LogP contribution in [0.4, 0.5) is 0 Å². The zero-order chi connectivity index (χ0) is 23.1. The van der Waals surface area contributed by atoms with E-state index < -0.39 is 0 Å². The van der Waals surface area contributed by atoms with E-state index in [1.165, 1.54) is 21.4 Å². The van der Waals surface area contributed by atoms with Crippen molar-refractivity contribution < 1.29 is 0 Å². The first kappa shape index (κ1) is 20.3. The van der Waals surface area contributed by atoms with Gasteiger partial charge >= 0.3 is 0 Å². The maximum atomic E-state index is 13.2. The van der Waals surface area contributed by atoms with Crippen molar-refractivity contribution >= 4 is 22.4 Å². The van der Waals surface area contributed by atoms with E-state index in [4.69, 9.17) is 5.10 Å². The lowest BCUT2D eigenvalue weighted by atomic mass is 10.1. The van der Waals surface area contributed by atoms with Crippen molar-refractivity contribution in [1.82, 2.24) is 24.4 Å². The van der Waals surface area contributed by atoms with Crippen LogP contribution in [0.15, 0.2) is 95.9 Å². The fraction of sp³-hybridized carbons (Fsp3) is 0.0370. The van der Waals surface area contributed by atoms with Crippen LogP contribution in [0.25, 0.3) is 39.4 Å². The summed E-state index contributed by atoms with van der Waals surface area (Å²) in [6, 6.07) is 27.8. The Labute approximate surface area is 199 Å². The Morgan fingerprint density at radius 3 is 2.24 bits per heavy atom. The molecule has 0 unspecified atom stereocenters. The van der Waals surface area contributed by atoms with E-state index in [-0.39, 0.29) is 5.56 Å². The third kappa shape index (κ3) is 3.62. The molecule has 164 valence electrons. The lowest BCUT2D eigenvalue weighted by Gasteiger charge is -2.01. The second kappa shape index (κ2) is 8.20. The molecule has 0 amide bonds. The van der Waals surface area contributed by atoms with E-state index in [0.29, 0.717) is 15.3 Å². The molecule has 0 aliphatic carbocycles. The molecular weight excluding hydrogens is 442 g/mol. The highest BCUT2D eigenvalue weighted by molar-refractivity contribution is 7.15. The van der Waals surface area contributed by atoms with Gasteiger partial charge in [0.05, 0.1) is 15.9 Å². The summed E-state index contributed by atoms with van der Waals surface area (Å²) in [6.07, 6.45) is 3.84. The van der Waals surface area contributed by atoms with E-state index in [9.17, 15) is 4.79 Å². The van der Waals surface area contributed by atoms with Crippen LogP contribution in [-0.2, 0) is 0 Å². The Morgan fingerprint density at radius 2 is 1.53 bits per heavy atom. The molecular formula is C27H19N5OS. The smallest absolute Gasteiger partial charge is 0.266 e. The van der Waals surface area contributed by atoms with Gasteiger partial charge in [0.2, 0.25) is 4.96 Å². The fourth-order valence-corrected chi connectivity index (χ4v) is 4.72. The summed E-state index contributed by atoms with van der Waals surface area (Å²) in [4.78, 5) is 18.3. The Bertz CT molecular complexity index is 1720. The minimum atomic E-state index is -0.183. The van der Waals surface area contributed by atoms with Gasteiger partial charge in [-0.3, -0.25) is 4.79 Å². The van der Waals surface area contributed by atoms with Crippen molar-refractivity contribution in [2.45, 2.75) is 6.92 Å². The van der Waals surface area contributed by atoms with Gasteiger partial charge in [0.25, 0.3) is 5.56 Å². The lowest BCUT2D eigenvalue weighted by molar-refractivity contribution is 0.884. The van der Waals surface area contributed by atoms with Crippen molar-refractivity contribution in [3.05, 3.63) is 117 Å². The minimum absolute atomic E-state index is 0.183. The molecule has 7 heteroatoms. The van der Waals surface area contributed by atoms with Crippen molar-refractivity contribution in [3.8, 4) is 28.3 Å². The maximum absolute atomic E-state index is 13.2. The molecule has 3 heterocycles. The topological polar surface area (TPSA) is 65.1 Å². The number of rotatable bonds is 4. The summed E-state index contributed by atoms with van der Waals surface area (Å²) < 4.78 is 3.79. The highest BCUT2D eigenvalue weighted by Gasteiger charge is 2.15. The summed E-state index contributed by atoms with van der Waals surface area (Å²) in [5.41, 5.74) is 5.49. The van der Waals surface area contributed by atoms with Crippen LogP contribution in [0.1, 0.15) is 11.1 Å². The van der Waals surface area contributed by atoms with Crippen molar-refractivity contribution in [2.24, 2.45) is 0 Å². The third-order valence-corrected chi connectivity index (χ3v) is 6.55. The van der Waals surface area contributed by atoms with Crippen LogP contribution < -0.4 is 10.1 Å². The monoisotopic (exact) mass is 461 g/mol. The molecule has 0 aliphatic heterocycles. The lowest BCUT2D eigenvalue weighted by Crippen LogP contribution is -2.23. The van der Waals surface area contributed by atoms with Gasteiger partial charge in [0.15, 0.2) is 5.82 Å². The molecule has 0 fully saturated rings. The quantitative estimate of drug-likeness (QED) is 0.387. The predicted octanol–water partition coefficient (Wildman–Crippen LogP) is 4.53. The summed E-state index contributed by atoms with van der Waals surface area (Å²) in [5.74, 6) is 0.549. The molecule has 3 aromatic heterocycles. The molecule has 6 rings (SSSR count). The highest BCUT2D eigenvalue weighted by atomic mass is 32.1. The number of fused-ring (bicyclic) bond motifs is 1. The number of aromatic nitrogens is 5. The summed E-state index contributed by atoms with van der Waals surface area (Å²) >= 11 is 1.33. The van der Waals surface area contributed by atoms with Gasteiger partial charge in [-0.25, -0.2) is 4.68 Å². The summed E-state index contributed by atoms with van der Waals surface area (Å²) in [7, 11) is 0. The predicted molar refractivity (Wildman–Crippen MR) is 135 cm³/mol. The first-order valence-corrected chi connectivity index (χ1v) is 11.7. The van der Waals surface area contributed by atoms with E-state index >= 15 is 0 Å². The standard InChI is InChI=1S/C27H19N5OS/c1-18-12-14-19(15-13-18)24-21(17-31(29-24)22-10-6-3-7-11-22)16-23-26(33)32-27(34-23)28-25(30-32)20-8-4-2-5-9-20/h2-17H,1H3/b23-16-. The second-order valence-corrected chi connectivity index (χ2v) is 9.00. The Morgan fingerprint density at radius 1 is 0.824 bits per heavy atom. The average Bonchev–Trinajstić information content (AvgIpc) is 3.56. The van der Waals surface area contributed by atoms with Crippen LogP contribution in [-0.4, -0.2) is 24.4 Å². The van der Waals surface area contributed by atoms with Crippen LogP contribution in [0.2, 0.25) is 0 Å². The van der Waals surface area contributed by atoms with E-state index in [0.717, 1.165) is 28.1 Å². The molecule has 0 aliphatic rings. The number of nitrogens with zero attached hydrogens (tertiary/aromatic N) is 5. The molecule has 6 nitrogen and oxygen atoms in total. The van der Waals surface area contributed by atoms with Gasteiger partial charge < -0.3 is 0 Å². The molecule has 6 aromatic rings. The molecule has 34 heavy (non-hydrogen) atoms. The van der Waals surface area contributed by atoms with Gasteiger partial charge in [-0.15, -0.1) is 5.10 Å². The Kier molecular flexibility index (Phi) is 4.89. The first-order valence-electron chi connectivity index (χ1n) is 10.8. The average molecular weight is 462 g/mol. The number of hydrogen-bond donors (Lipinski definition) is 0. The van der Waals surface area contributed by atoms with Crippen molar-refractivity contribution in [2.75, 3.05) is 0 Å². The molecule has 0 radical (unpaired) electrons. The SMILES string of the molecule is Cc1ccc(-c2nn(-c3ccccc3)cc2/C=c2\sc3nc(-c4ccccc4)nn3c2=O)cc1. The number of benzene rings is 3. The van der Waals surface area contributed by atoms with Gasteiger partial charge in [0.1, 0.15) is 0 Å². The van der Waals surface area contributed by atoms with Crippen LogP contribution >= 0.6 is 11.3 Å². The molecule has 0 spiro atoms. The molecule has 3 aromatic carbocycles. The molecule has 0 atom stereocenters. The van der Waals surface area contributed by atoms with E-state index in [2.05, 4.69) is 41.3 Å². The van der Waals surface area contributed by atoms with Crippen LogP contribution in [0.3, 0.4) is 0 Å². The molecule has 0 N–H and O–H groups in total. The third-order valence-electron chi connectivity index (χ3n) is 5.59. The normalized spacial score (nSPS) is 12.0. The Hall–Kier alpha value is -4.36. The number of para-hydroxylation sites is 1. The number of aryl methyl sites for hydroxylation is 1. The fourth-order valence-electron chi connectivity index (χ4n) is 3.83. The van der Waals surface area contributed by atoms with Gasteiger partial charge in [-0.2, -0.15) is 14.6 Å². The van der Waals surface area contributed by atoms with Gasteiger partial charge in [0, 0.05) is 22.9 Å². The van der Waals surface area contributed by atoms with Crippen LogP contribution in [0.5, 0.6) is 0 Å². The van der Waals surface area contributed by atoms with Crippen molar-refractivity contribution in [1.29, 1.82) is 0 Å². The zero-order valence-electron chi connectivity index (χ0n) is 18.3. The van der Waals surface area contributed by atoms with Crippen LogP contribution in [0, 0.1) is 6.92 Å². The molecule has 0 bridgehead atoms. The van der Waals surface area contributed by atoms with Gasteiger partial charge in [-0.1, -0.05) is 89.7 Å². The minimum Gasteiger partial charge on any atom is -0.266 e. The maximum Gasteiger partial charge on any atom is 0.291 e. The Balaban J connectivity index is 1.50. The second-order valence-electron chi connectivity index (χ2n) is 7.99. The largest absolute Gasteiger partial charge is 0.291 e. The van der Waals surface area contributed by atoms with E-state index in [1.807, 2.05) is 77.6 Å². The summed E-state index contributed by atoms with van der Waals surface area (Å²) in [6.45, 7) is 2.06. The first-order chi connectivity index (χ1) is 16.7. The van der Waals surface area contributed by atoms with Crippen molar-refractivity contribution in [3.63, 3.8) is 0 Å². The molecule has 0 saturated carbocycles. The summed E-state index contributed by atoms with van der Waals surface area (Å²) in [5, 5.41) is 9.30. The van der Waals surface area contributed by atoms with Gasteiger partial charge in [-0.05, 0) is 25.1 Å². The van der Waals surface area contributed by atoms with E-state index in [1.54, 1.807) is 0 Å². The zero-order valence-corrected chi connectivity index (χ0v) is 19.1. The molecule has 0 saturated heterocycles. The highest BCUT2D eigenvalue weighted by Crippen LogP contribution is 2.25.